The number of aryl methyl sites for hydroxylation is 1. The zero-order valence-corrected chi connectivity index (χ0v) is 18.3. The van der Waals surface area contributed by atoms with Gasteiger partial charge in [-0.15, -0.1) is 0 Å². The van der Waals surface area contributed by atoms with Gasteiger partial charge in [0.2, 0.25) is 0 Å². The number of rotatable bonds is 3. The number of aliphatic imine (C=N–C) groups is 1. The second kappa shape index (κ2) is 7.22. The number of hydrogen-bond donors (Lipinski definition) is 0. The molecule has 5 rings (SSSR count). The van der Waals surface area contributed by atoms with E-state index < -0.39 is 0 Å². The Morgan fingerprint density at radius 3 is 2.62 bits per heavy atom. The molecule has 0 spiro atoms. The third kappa shape index (κ3) is 3.17. The van der Waals surface area contributed by atoms with E-state index in [0.717, 1.165) is 28.1 Å². The normalized spacial score (nSPS) is 23.4. The lowest BCUT2D eigenvalue weighted by Gasteiger charge is -2.27. The van der Waals surface area contributed by atoms with Gasteiger partial charge in [-0.25, -0.2) is 0 Å². The van der Waals surface area contributed by atoms with Crippen LogP contribution in [0.15, 0.2) is 59.7 Å². The Balaban J connectivity index is 1.62. The highest BCUT2D eigenvalue weighted by atomic mass is 35.5. The summed E-state index contributed by atoms with van der Waals surface area (Å²) < 4.78 is 2.31. The first-order chi connectivity index (χ1) is 14.0. The Hall–Kier alpha value is -2.24. The van der Waals surface area contributed by atoms with Gasteiger partial charge in [0.1, 0.15) is 6.04 Å². The van der Waals surface area contributed by atoms with Crippen LogP contribution in [0, 0.1) is 13.8 Å². The number of fused-ring (bicyclic) bond motifs is 1. The number of aromatic nitrogens is 2. The molecule has 0 bridgehead atoms. The minimum Gasteiger partial charge on any atom is -0.341 e. The van der Waals surface area contributed by atoms with Gasteiger partial charge in [0.15, 0.2) is 5.17 Å². The smallest absolute Gasteiger partial charge is 0.160 e. The summed E-state index contributed by atoms with van der Waals surface area (Å²) in [4.78, 5) is 12.2. The molecule has 0 aliphatic carbocycles. The third-order valence-corrected chi connectivity index (χ3v) is 7.11. The van der Waals surface area contributed by atoms with E-state index in [4.69, 9.17) is 16.6 Å². The molecule has 0 saturated carbocycles. The fourth-order valence-corrected chi connectivity index (χ4v) is 5.75. The van der Waals surface area contributed by atoms with Crippen LogP contribution < -0.4 is 0 Å². The van der Waals surface area contributed by atoms with Crippen LogP contribution in [0.4, 0.5) is 0 Å². The average molecular weight is 423 g/mol. The SMILES string of the molecule is Cc1cc([C@@H]2[C@@H](c3ccccn3)N=C3S[C@@H](C)CN32)c(C)n1-c1ccc(Cl)cc1. The Morgan fingerprint density at radius 1 is 1.10 bits per heavy atom. The van der Waals surface area contributed by atoms with Crippen molar-refractivity contribution in [1.29, 1.82) is 0 Å². The number of thioether (sulfide) groups is 1. The zero-order chi connectivity index (χ0) is 20.1. The fraction of sp³-hybridized carbons (Fsp3) is 0.304. The minimum atomic E-state index is 0.0189. The standard InChI is InChI=1S/C23H23ClN4S/c1-14-12-19(16(3)28(14)18-9-7-17(24)8-10-18)22-21(20-6-4-5-11-25-20)26-23-27(22)13-15(2)29-23/h4-12,15,21-22H,13H2,1-3H3/t15-,21+,22+/m0/s1. The lowest BCUT2D eigenvalue weighted by Crippen LogP contribution is -2.28. The van der Waals surface area contributed by atoms with Gasteiger partial charge < -0.3 is 9.47 Å². The van der Waals surface area contributed by atoms with Crippen molar-refractivity contribution in [3.63, 3.8) is 0 Å². The number of amidine groups is 1. The quantitative estimate of drug-likeness (QED) is 0.540. The maximum absolute atomic E-state index is 6.11. The second-order valence-corrected chi connectivity index (χ2v) is 9.62. The van der Waals surface area contributed by atoms with Crippen molar-refractivity contribution in [1.82, 2.24) is 14.5 Å². The summed E-state index contributed by atoms with van der Waals surface area (Å²) in [5.41, 5.74) is 5.95. The van der Waals surface area contributed by atoms with Gasteiger partial charge in [-0.05, 0) is 61.9 Å². The molecule has 1 saturated heterocycles. The van der Waals surface area contributed by atoms with Crippen LogP contribution in [0.3, 0.4) is 0 Å². The molecule has 1 aromatic carbocycles. The van der Waals surface area contributed by atoms with Crippen LogP contribution in [0.2, 0.25) is 5.02 Å². The Kier molecular flexibility index (Phi) is 4.67. The van der Waals surface area contributed by atoms with Crippen molar-refractivity contribution >= 4 is 28.5 Å². The van der Waals surface area contributed by atoms with Crippen molar-refractivity contribution in [3.8, 4) is 5.69 Å². The monoisotopic (exact) mass is 422 g/mol. The molecule has 0 amide bonds. The molecule has 148 valence electrons. The molecule has 2 aliphatic rings. The molecule has 29 heavy (non-hydrogen) atoms. The van der Waals surface area contributed by atoms with E-state index in [1.54, 1.807) is 0 Å². The molecule has 3 aromatic rings. The van der Waals surface area contributed by atoms with Crippen LogP contribution >= 0.6 is 23.4 Å². The molecule has 0 N–H and O–H groups in total. The minimum absolute atomic E-state index is 0.0189. The highest BCUT2D eigenvalue weighted by Crippen LogP contribution is 2.48. The van der Waals surface area contributed by atoms with Crippen molar-refractivity contribution in [2.24, 2.45) is 4.99 Å². The van der Waals surface area contributed by atoms with E-state index >= 15 is 0 Å². The Morgan fingerprint density at radius 2 is 1.90 bits per heavy atom. The molecule has 1 fully saturated rings. The summed E-state index contributed by atoms with van der Waals surface area (Å²) in [5.74, 6) is 0. The van der Waals surface area contributed by atoms with Crippen LogP contribution in [0.1, 0.15) is 41.7 Å². The maximum Gasteiger partial charge on any atom is 0.160 e. The predicted octanol–water partition coefficient (Wildman–Crippen LogP) is 5.73. The van der Waals surface area contributed by atoms with E-state index in [1.165, 1.54) is 17.0 Å². The van der Waals surface area contributed by atoms with Gasteiger partial charge in [0.25, 0.3) is 0 Å². The van der Waals surface area contributed by atoms with E-state index in [9.17, 15) is 0 Å². The lowest BCUT2D eigenvalue weighted by atomic mass is 9.96. The maximum atomic E-state index is 6.11. The van der Waals surface area contributed by atoms with Crippen molar-refractivity contribution in [3.05, 3.63) is 82.4 Å². The second-order valence-electron chi connectivity index (χ2n) is 7.78. The largest absolute Gasteiger partial charge is 0.341 e. The van der Waals surface area contributed by atoms with Gasteiger partial charge in [0.05, 0.1) is 11.7 Å². The molecule has 3 atom stereocenters. The first-order valence-corrected chi connectivity index (χ1v) is 11.2. The molecule has 4 heterocycles. The fourth-order valence-electron chi connectivity index (χ4n) is 4.53. The molecule has 0 unspecified atom stereocenters. The number of pyridine rings is 1. The number of halogens is 1. The topological polar surface area (TPSA) is 33.4 Å². The van der Waals surface area contributed by atoms with Crippen molar-refractivity contribution in [2.45, 2.75) is 38.1 Å². The number of nitrogens with zero attached hydrogens (tertiary/aromatic N) is 4. The Labute approximate surface area is 180 Å². The van der Waals surface area contributed by atoms with Crippen LogP contribution in [0.25, 0.3) is 5.69 Å². The summed E-state index contributed by atoms with van der Waals surface area (Å²) in [5, 5.41) is 2.46. The molecular formula is C23H23ClN4S. The molecule has 2 aliphatic heterocycles. The van der Waals surface area contributed by atoms with Crippen LogP contribution in [-0.2, 0) is 0 Å². The van der Waals surface area contributed by atoms with E-state index in [2.05, 4.69) is 65.6 Å². The van der Waals surface area contributed by atoms with Gasteiger partial charge in [-0.2, -0.15) is 0 Å². The molecule has 4 nitrogen and oxygen atoms in total. The molecular weight excluding hydrogens is 400 g/mol. The molecule has 6 heteroatoms. The summed E-state index contributed by atoms with van der Waals surface area (Å²) in [6, 6.07) is 16.7. The summed E-state index contributed by atoms with van der Waals surface area (Å²) >= 11 is 7.98. The van der Waals surface area contributed by atoms with E-state index in [-0.39, 0.29) is 12.1 Å². The van der Waals surface area contributed by atoms with Crippen LogP contribution in [0.5, 0.6) is 0 Å². The van der Waals surface area contributed by atoms with Crippen molar-refractivity contribution < 1.29 is 0 Å². The lowest BCUT2D eigenvalue weighted by molar-refractivity contribution is 0.320. The van der Waals surface area contributed by atoms with Gasteiger partial charge in [0, 0.05) is 40.1 Å². The number of hydrogen-bond acceptors (Lipinski definition) is 4. The van der Waals surface area contributed by atoms with Crippen LogP contribution in [-0.4, -0.2) is 31.4 Å². The van der Waals surface area contributed by atoms with Gasteiger partial charge in [-0.1, -0.05) is 36.4 Å². The van der Waals surface area contributed by atoms with Gasteiger partial charge in [-0.3, -0.25) is 9.98 Å². The summed E-state index contributed by atoms with van der Waals surface area (Å²) in [6.07, 6.45) is 1.86. The Bertz CT molecular complexity index is 1070. The van der Waals surface area contributed by atoms with Gasteiger partial charge >= 0.3 is 0 Å². The van der Waals surface area contributed by atoms with Crippen molar-refractivity contribution in [2.75, 3.05) is 6.54 Å². The predicted molar refractivity (Wildman–Crippen MR) is 121 cm³/mol. The third-order valence-electron chi connectivity index (χ3n) is 5.76. The van der Waals surface area contributed by atoms with E-state index in [1.807, 2.05) is 36.2 Å². The average Bonchev–Trinajstić information content (AvgIpc) is 3.33. The summed E-state index contributed by atoms with van der Waals surface area (Å²) in [6.45, 7) is 7.66. The van der Waals surface area contributed by atoms with E-state index in [0.29, 0.717) is 5.25 Å². The number of benzene rings is 1. The molecule has 0 radical (unpaired) electrons. The zero-order valence-electron chi connectivity index (χ0n) is 16.7. The molecule has 2 aromatic heterocycles. The highest BCUT2D eigenvalue weighted by Gasteiger charge is 2.44. The summed E-state index contributed by atoms with van der Waals surface area (Å²) in [7, 11) is 0. The highest BCUT2D eigenvalue weighted by molar-refractivity contribution is 8.14. The first-order valence-electron chi connectivity index (χ1n) is 9.89. The first kappa shape index (κ1) is 18.8.